The topological polar surface area (TPSA) is 117 Å². The molecule has 0 aromatic heterocycles. The summed E-state index contributed by atoms with van der Waals surface area (Å²) < 4.78 is 33.6. The van der Waals surface area contributed by atoms with E-state index in [1.807, 2.05) is 0 Å². The molecular formula is C51H100NO7P. The molecule has 0 saturated carbocycles. The van der Waals surface area contributed by atoms with Crippen LogP contribution in [0.1, 0.15) is 258 Å². The van der Waals surface area contributed by atoms with Crippen molar-refractivity contribution < 1.29 is 32.8 Å². The van der Waals surface area contributed by atoms with E-state index in [9.17, 15) is 14.3 Å². The highest BCUT2D eigenvalue weighted by atomic mass is 31.2. The summed E-state index contributed by atoms with van der Waals surface area (Å²) in [4.78, 5) is 22.5. The number of ether oxygens (including phenoxy) is 2. The summed E-state index contributed by atoms with van der Waals surface area (Å²) in [6.45, 7) is 4.95. The number of hydrogen-bond acceptors (Lipinski definition) is 7. The number of rotatable bonds is 50. The molecular weight excluding hydrogens is 770 g/mol. The van der Waals surface area contributed by atoms with Gasteiger partial charge in [-0.3, -0.25) is 13.8 Å². The van der Waals surface area contributed by atoms with E-state index in [4.69, 9.17) is 24.3 Å². The zero-order chi connectivity index (χ0) is 43.7. The molecule has 9 heteroatoms. The van der Waals surface area contributed by atoms with Crippen molar-refractivity contribution in [3.63, 3.8) is 0 Å². The Morgan fingerprint density at radius 3 is 1.22 bits per heavy atom. The van der Waals surface area contributed by atoms with Crippen molar-refractivity contribution in [3.05, 3.63) is 24.3 Å². The second-order valence-electron chi connectivity index (χ2n) is 17.4. The van der Waals surface area contributed by atoms with Crippen LogP contribution >= 0.6 is 7.82 Å². The molecule has 2 atom stereocenters. The molecule has 0 spiro atoms. The van der Waals surface area contributed by atoms with Gasteiger partial charge in [-0.25, -0.2) is 4.57 Å². The molecule has 0 saturated heterocycles. The Kier molecular flexibility index (Phi) is 48.2. The number of phosphoric ester groups is 1. The SMILES string of the molecule is CCCCCCCC/C=C\CCCCCCCC(=O)OC(COCCCCCCCCCCCCCCCC/C=C\CCCCCCCCCC)COP(=O)(O)OCCN. The lowest BCUT2D eigenvalue weighted by Crippen LogP contribution is -2.28. The molecule has 0 aliphatic rings. The number of carbonyl (C=O) groups excluding carboxylic acids is 1. The van der Waals surface area contributed by atoms with Gasteiger partial charge in [0.25, 0.3) is 0 Å². The molecule has 60 heavy (non-hydrogen) atoms. The first-order chi connectivity index (χ1) is 29.4. The normalized spacial score (nSPS) is 13.5. The fourth-order valence-corrected chi connectivity index (χ4v) is 8.28. The standard InChI is InChI=1S/C51H100NO7P/c1-3-5-7-9-11-13-15-17-19-20-21-22-23-24-25-26-27-28-29-31-33-35-37-39-41-43-46-56-48-50(49-58-60(54,55)57-47-45-52)59-51(53)44-42-40-38-36-34-32-30-18-16-14-12-10-8-6-4-2/h18,20-21,30,50H,3-17,19,22-29,31-49,52H2,1-2H3,(H,54,55)/b21-20-,30-18-. The average molecular weight is 870 g/mol. The third-order valence-corrected chi connectivity index (χ3v) is 12.3. The molecule has 0 aromatic rings. The number of phosphoric acid groups is 1. The van der Waals surface area contributed by atoms with Gasteiger partial charge in [0.05, 0.1) is 19.8 Å². The van der Waals surface area contributed by atoms with Gasteiger partial charge in [-0.05, 0) is 64.2 Å². The number of hydrogen-bond donors (Lipinski definition) is 2. The van der Waals surface area contributed by atoms with Gasteiger partial charge in [-0.2, -0.15) is 0 Å². The highest BCUT2D eigenvalue weighted by molar-refractivity contribution is 7.47. The fourth-order valence-electron chi connectivity index (χ4n) is 7.52. The number of nitrogens with two attached hydrogens (primary N) is 1. The van der Waals surface area contributed by atoms with Crippen LogP contribution < -0.4 is 5.73 Å². The van der Waals surface area contributed by atoms with Gasteiger partial charge in [0.15, 0.2) is 0 Å². The predicted octanol–water partition coefficient (Wildman–Crippen LogP) is 16.0. The first-order valence-electron chi connectivity index (χ1n) is 25.8. The molecule has 0 aliphatic heterocycles. The van der Waals surface area contributed by atoms with Gasteiger partial charge in [-0.15, -0.1) is 0 Å². The maximum atomic E-state index is 12.6. The number of esters is 1. The Balaban J connectivity index is 3.86. The third kappa shape index (κ3) is 48.0. The van der Waals surface area contributed by atoms with Gasteiger partial charge in [0.1, 0.15) is 6.10 Å². The van der Waals surface area contributed by atoms with E-state index < -0.39 is 13.9 Å². The molecule has 0 radical (unpaired) electrons. The van der Waals surface area contributed by atoms with Crippen LogP contribution in [-0.4, -0.2) is 49.9 Å². The molecule has 3 N–H and O–H groups in total. The number of allylic oxidation sites excluding steroid dienone is 4. The van der Waals surface area contributed by atoms with Crippen molar-refractivity contribution >= 4 is 13.8 Å². The van der Waals surface area contributed by atoms with Crippen LogP contribution in [0, 0.1) is 0 Å². The minimum atomic E-state index is -4.28. The van der Waals surface area contributed by atoms with E-state index in [1.165, 1.54) is 193 Å². The Labute approximate surface area is 372 Å². The van der Waals surface area contributed by atoms with E-state index in [0.717, 1.165) is 44.9 Å². The summed E-state index contributed by atoms with van der Waals surface area (Å²) in [6.07, 6.45) is 56.5. The van der Waals surface area contributed by atoms with Crippen molar-refractivity contribution in [1.29, 1.82) is 0 Å². The number of carbonyl (C=O) groups is 1. The molecule has 0 heterocycles. The van der Waals surface area contributed by atoms with E-state index in [2.05, 4.69) is 38.2 Å². The van der Waals surface area contributed by atoms with Crippen molar-refractivity contribution in [3.8, 4) is 0 Å². The van der Waals surface area contributed by atoms with Crippen LogP contribution in [0.4, 0.5) is 0 Å². The minimum Gasteiger partial charge on any atom is -0.457 e. The Morgan fingerprint density at radius 2 is 0.833 bits per heavy atom. The summed E-state index contributed by atoms with van der Waals surface area (Å²) in [5, 5.41) is 0. The molecule has 2 unspecified atom stereocenters. The summed E-state index contributed by atoms with van der Waals surface area (Å²) >= 11 is 0. The molecule has 0 aliphatic carbocycles. The quantitative estimate of drug-likeness (QED) is 0.0269. The van der Waals surface area contributed by atoms with Crippen LogP contribution in [-0.2, 0) is 27.9 Å². The molecule has 8 nitrogen and oxygen atoms in total. The molecule has 0 bridgehead atoms. The monoisotopic (exact) mass is 870 g/mol. The van der Waals surface area contributed by atoms with Crippen molar-refractivity contribution in [2.24, 2.45) is 5.73 Å². The Morgan fingerprint density at radius 1 is 0.483 bits per heavy atom. The maximum Gasteiger partial charge on any atom is 0.472 e. The Bertz CT molecular complexity index is 977. The smallest absolute Gasteiger partial charge is 0.457 e. The largest absolute Gasteiger partial charge is 0.472 e. The zero-order valence-electron chi connectivity index (χ0n) is 39.7. The van der Waals surface area contributed by atoms with Crippen LogP contribution in [0.3, 0.4) is 0 Å². The van der Waals surface area contributed by atoms with Crippen LogP contribution in [0.15, 0.2) is 24.3 Å². The lowest BCUT2D eigenvalue weighted by molar-refractivity contribution is -0.154. The van der Waals surface area contributed by atoms with E-state index in [0.29, 0.717) is 13.0 Å². The van der Waals surface area contributed by atoms with Crippen molar-refractivity contribution in [2.75, 3.05) is 33.0 Å². The van der Waals surface area contributed by atoms with Gasteiger partial charge in [0, 0.05) is 19.6 Å². The van der Waals surface area contributed by atoms with E-state index in [1.54, 1.807) is 0 Å². The van der Waals surface area contributed by atoms with Crippen LogP contribution in [0.5, 0.6) is 0 Å². The summed E-state index contributed by atoms with van der Waals surface area (Å²) in [6, 6.07) is 0. The zero-order valence-corrected chi connectivity index (χ0v) is 40.6. The summed E-state index contributed by atoms with van der Waals surface area (Å²) in [5.74, 6) is -0.335. The van der Waals surface area contributed by atoms with Gasteiger partial charge < -0.3 is 20.1 Å². The van der Waals surface area contributed by atoms with Crippen molar-refractivity contribution in [2.45, 2.75) is 264 Å². The first-order valence-corrected chi connectivity index (χ1v) is 27.3. The highest BCUT2D eigenvalue weighted by Gasteiger charge is 2.25. The maximum absolute atomic E-state index is 12.6. The Hall–Kier alpha value is -1.02. The van der Waals surface area contributed by atoms with Gasteiger partial charge in [0.2, 0.25) is 0 Å². The first kappa shape index (κ1) is 59.0. The van der Waals surface area contributed by atoms with Gasteiger partial charge >= 0.3 is 13.8 Å². The lowest BCUT2D eigenvalue weighted by atomic mass is 10.0. The predicted molar refractivity (Wildman–Crippen MR) is 257 cm³/mol. The van der Waals surface area contributed by atoms with Crippen molar-refractivity contribution in [1.82, 2.24) is 0 Å². The molecule has 0 amide bonds. The summed E-state index contributed by atoms with van der Waals surface area (Å²) in [7, 11) is -4.28. The van der Waals surface area contributed by atoms with E-state index >= 15 is 0 Å². The molecule has 0 fully saturated rings. The molecule has 0 aromatic carbocycles. The fraction of sp³-hybridized carbons (Fsp3) is 0.902. The molecule has 356 valence electrons. The number of unbranched alkanes of at least 4 members (excludes halogenated alkanes) is 33. The van der Waals surface area contributed by atoms with Gasteiger partial charge in [-0.1, -0.05) is 212 Å². The lowest BCUT2D eigenvalue weighted by Gasteiger charge is -2.20. The minimum absolute atomic E-state index is 0.0950. The second-order valence-corrected chi connectivity index (χ2v) is 18.8. The highest BCUT2D eigenvalue weighted by Crippen LogP contribution is 2.43. The average Bonchev–Trinajstić information content (AvgIpc) is 3.24. The van der Waals surface area contributed by atoms with Crippen LogP contribution in [0.2, 0.25) is 0 Å². The van der Waals surface area contributed by atoms with E-state index in [-0.39, 0.29) is 32.3 Å². The third-order valence-electron chi connectivity index (χ3n) is 11.3. The second kappa shape index (κ2) is 49.0. The summed E-state index contributed by atoms with van der Waals surface area (Å²) in [5.41, 5.74) is 5.38. The molecule has 0 rings (SSSR count). The van der Waals surface area contributed by atoms with Crippen LogP contribution in [0.25, 0.3) is 0 Å².